The first-order valence-electron chi connectivity index (χ1n) is 7.16. The number of ketones is 1. The highest BCUT2D eigenvalue weighted by atomic mass is 32.1. The average Bonchev–Trinajstić information content (AvgIpc) is 2.98. The number of anilines is 1. The highest BCUT2D eigenvalue weighted by Gasteiger charge is 2.25. The van der Waals surface area contributed by atoms with Crippen molar-refractivity contribution >= 4 is 33.8 Å². The summed E-state index contributed by atoms with van der Waals surface area (Å²) < 4.78 is 0. The molecule has 0 aliphatic carbocycles. The van der Waals surface area contributed by atoms with Crippen LogP contribution in [0.5, 0.6) is 0 Å². The highest BCUT2D eigenvalue weighted by Crippen LogP contribution is 2.35. The zero-order chi connectivity index (χ0) is 15.9. The predicted octanol–water partition coefficient (Wildman–Crippen LogP) is 4.77. The fraction of sp³-hybridized carbons (Fsp3) is 0.222. The molecule has 0 fully saturated rings. The Hall–Kier alpha value is -2.20. The van der Waals surface area contributed by atoms with Crippen LogP contribution in [0.25, 0.3) is 21.3 Å². The molecule has 0 bridgehead atoms. The maximum Gasteiger partial charge on any atom is 0.170 e. The van der Waals surface area contributed by atoms with E-state index in [-0.39, 0.29) is 5.78 Å². The Morgan fingerprint density at radius 3 is 2.55 bits per heavy atom. The zero-order valence-corrected chi connectivity index (χ0v) is 13.7. The number of rotatable bonds is 2. The van der Waals surface area contributed by atoms with Gasteiger partial charge in [-0.1, -0.05) is 32.9 Å². The number of nitrogens with zero attached hydrogens (tertiary/aromatic N) is 1. The summed E-state index contributed by atoms with van der Waals surface area (Å²) in [7, 11) is 0. The van der Waals surface area contributed by atoms with Gasteiger partial charge in [-0.15, -0.1) is 11.3 Å². The van der Waals surface area contributed by atoms with E-state index in [9.17, 15) is 4.79 Å². The van der Waals surface area contributed by atoms with Gasteiger partial charge in [0, 0.05) is 26.8 Å². The van der Waals surface area contributed by atoms with Gasteiger partial charge in [0.2, 0.25) is 0 Å². The lowest BCUT2D eigenvalue weighted by atomic mass is 9.85. The Bertz CT molecular complexity index is 845. The van der Waals surface area contributed by atoms with Gasteiger partial charge in [-0.05, 0) is 29.6 Å². The van der Waals surface area contributed by atoms with Crippen LogP contribution in [0.3, 0.4) is 0 Å². The third-order valence-electron chi connectivity index (χ3n) is 3.59. The van der Waals surface area contributed by atoms with Crippen molar-refractivity contribution in [3.63, 3.8) is 0 Å². The van der Waals surface area contributed by atoms with Gasteiger partial charge in [-0.3, -0.25) is 4.79 Å². The van der Waals surface area contributed by atoms with Crippen molar-refractivity contribution in [3.8, 4) is 10.4 Å². The predicted molar refractivity (Wildman–Crippen MR) is 93.3 cm³/mol. The number of carbonyl (C=O) groups is 1. The van der Waals surface area contributed by atoms with E-state index in [1.807, 2.05) is 50.4 Å². The number of nitrogens with two attached hydrogens (primary N) is 1. The van der Waals surface area contributed by atoms with Crippen molar-refractivity contribution in [2.75, 3.05) is 5.73 Å². The van der Waals surface area contributed by atoms with Crippen LogP contribution in [-0.4, -0.2) is 10.8 Å². The molecule has 22 heavy (non-hydrogen) atoms. The maximum absolute atomic E-state index is 12.7. The number of Topliss-reactive ketones (excluding diaryl/α,β-unsaturated/α-hetero) is 1. The van der Waals surface area contributed by atoms with Gasteiger partial charge < -0.3 is 5.73 Å². The smallest absolute Gasteiger partial charge is 0.170 e. The normalized spacial score (nSPS) is 11.8. The van der Waals surface area contributed by atoms with E-state index in [2.05, 4.69) is 11.1 Å². The topological polar surface area (TPSA) is 56.0 Å². The van der Waals surface area contributed by atoms with Crippen LogP contribution in [-0.2, 0) is 0 Å². The average molecular weight is 310 g/mol. The molecule has 0 spiro atoms. The van der Waals surface area contributed by atoms with E-state index in [4.69, 9.17) is 5.73 Å². The summed E-state index contributed by atoms with van der Waals surface area (Å²) >= 11 is 1.67. The number of hydrogen-bond donors (Lipinski definition) is 1. The zero-order valence-electron chi connectivity index (χ0n) is 12.9. The summed E-state index contributed by atoms with van der Waals surface area (Å²) in [6.07, 6.45) is 0. The molecule has 1 aromatic carbocycles. The number of hydrogen-bond acceptors (Lipinski definition) is 4. The van der Waals surface area contributed by atoms with Crippen molar-refractivity contribution in [2.24, 2.45) is 5.41 Å². The second-order valence-corrected chi connectivity index (χ2v) is 7.30. The van der Waals surface area contributed by atoms with Crippen LogP contribution >= 0.6 is 11.3 Å². The summed E-state index contributed by atoms with van der Waals surface area (Å²) in [5.74, 6) is 0.507. The van der Waals surface area contributed by atoms with Crippen molar-refractivity contribution < 1.29 is 4.79 Å². The number of nitrogen functional groups attached to an aromatic ring is 1. The van der Waals surface area contributed by atoms with Gasteiger partial charge in [0.05, 0.1) is 5.52 Å². The molecule has 0 amide bonds. The summed E-state index contributed by atoms with van der Waals surface area (Å²) in [6.45, 7) is 5.75. The largest absolute Gasteiger partial charge is 0.384 e. The van der Waals surface area contributed by atoms with Crippen LogP contribution in [0.2, 0.25) is 0 Å². The lowest BCUT2D eigenvalue weighted by Crippen LogP contribution is -2.20. The van der Waals surface area contributed by atoms with Crippen molar-refractivity contribution in [3.05, 3.63) is 47.3 Å². The number of pyridine rings is 1. The van der Waals surface area contributed by atoms with Crippen LogP contribution in [0.4, 0.5) is 5.82 Å². The molecule has 0 saturated heterocycles. The number of fused-ring (bicyclic) bond motifs is 1. The third-order valence-corrected chi connectivity index (χ3v) is 4.49. The van der Waals surface area contributed by atoms with E-state index in [1.165, 1.54) is 0 Å². The second-order valence-electron chi connectivity index (χ2n) is 6.35. The summed E-state index contributed by atoms with van der Waals surface area (Å²) in [4.78, 5) is 18.3. The van der Waals surface area contributed by atoms with E-state index in [1.54, 1.807) is 17.4 Å². The molecule has 3 nitrogen and oxygen atoms in total. The van der Waals surface area contributed by atoms with Crippen LogP contribution < -0.4 is 5.73 Å². The fourth-order valence-electron chi connectivity index (χ4n) is 2.47. The molecule has 0 aliphatic rings. The van der Waals surface area contributed by atoms with Gasteiger partial charge in [0.1, 0.15) is 5.82 Å². The SMILES string of the molecule is CC(C)(C)C(=O)c1ccc(-c2cccs2)c2ccc(N)nc12. The number of thiophene rings is 1. The first-order chi connectivity index (χ1) is 10.4. The van der Waals surface area contributed by atoms with Crippen molar-refractivity contribution in [1.29, 1.82) is 0 Å². The molecule has 2 aromatic heterocycles. The Kier molecular flexibility index (Phi) is 3.49. The van der Waals surface area contributed by atoms with E-state index in [0.29, 0.717) is 16.9 Å². The van der Waals surface area contributed by atoms with Gasteiger partial charge in [0.15, 0.2) is 5.78 Å². The Balaban J connectivity index is 2.31. The van der Waals surface area contributed by atoms with Crippen molar-refractivity contribution in [2.45, 2.75) is 20.8 Å². The molecule has 2 N–H and O–H groups in total. The molecule has 0 unspecified atom stereocenters. The minimum Gasteiger partial charge on any atom is -0.384 e. The quantitative estimate of drug-likeness (QED) is 0.693. The lowest BCUT2D eigenvalue weighted by Gasteiger charge is -2.18. The molecule has 0 atom stereocenters. The minimum atomic E-state index is -0.455. The summed E-state index contributed by atoms with van der Waals surface area (Å²) in [6, 6.07) is 11.7. The van der Waals surface area contributed by atoms with Crippen molar-refractivity contribution in [1.82, 2.24) is 4.98 Å². The van der Waals surface area contributed by atoms with E-state index >= 15 is 0 Å². The fourth-order valence-corrected chi connectivity index (χ4v) is 3.23. The van der Waals surface area contributed by atoms with Gasteiger partial charge >= 0.3 is 0 Å². The molecule has 2 heterocycles. The second kappa shape index (κ2) is 5.21. The first kappa shape index (κ1) is 14.7. The van der Waals surface area contributed by atoms with Gasteiger partial charge in [0.25, 0.3) is 0 Å². The highest BCUT2D eigenvalue weighted by molar-refractivity contribution is 7.13. The van der Waals surface area contributed by atoms with Gasteiger partial charge in [-0.2, -0.15) is 0 Å². The van der Waals surface area contributed by atoms with E-state index < -0.39 is 5.41 Å². The summed E-state index contributed by atoms with van der Waals surface area (Å²) in [5, 5.41) is 3.01. The standard InChI is InChI=1S/C18H18N2OS/c1-18(2,3)17(21)13-7-6-11(14-5-4-10-22-14)12-8-9-15(19)20-16(12)13/h4-10H,1-3H3,(H2,19,20). The summed E-state index contributed by atoms with van der Waals surface area (Å²) in [5.41, 5.74) is 7.80. The van der Waals surface area contributed by atoms with Crippen LogP contribution in [0.1, 0.15) is 31.1 Å². The molecule has 112 valence electrons. The number of carbonyl (C=O) groups excluding carboxylic acids is 1. The van der Waals surface area contributed by atoms with Gasteiger partial charge in [-0.25, -0.2) is 4.98 Å². The van der Waals surface area contributed by atoms with E-state index in [0.717, 1.165) is 15.8 Å². The molecule has 0 radical (unpaired) electrons. The Labute approximate surface area is 133 Å². The molecular formula is C18H18N2OS. The Morgan fingerprint density at radius 1 is 1.14 bits per heavy atom. The molecule has 3 rings (SSSR count). The van der Waals surface area contributed by atoms with Crippen LogP contribution in [0.15, 0.2) is 41.8 Å². The molecule has 0 saturated carbocycles. The molecule has 3 aromatic rings. The lowest BCUT2D eigenvalue weighted by molar-refractivity contribution is 0.0860. The van der Waals surface area contributed by atoms with Crippen LogP contribution in [0, 0.1) is 5.41 Å². The Morgan fingerprint density at radius 2 is 1.91 bits per heavy atom. The number of benzene rings is 1. The maximum atomic E-state index is 12.7. The monoisotopic (exact) mass is 310 g/mol. The molecule has 4 heteroatoms. The molecular weight excluding hydrogens is 292 g/mol. The first-order valence-corrected chi connectivity index (χ1v) is 8.04. The number of aromatic nitrogens is 1. The molecule has 0 aliphatic heterocycles. The third kappa shape index (κ3) is 2.50. The minimum absolute atomic E-state index is 0.0772.